The fourth-order valence-electron chi connectivity index (χ4n) is 1.96. The van der Waals surface area contributed by atoms with Gasteiger partial charge >= 0.3 is 0 Å². The summed E-state index contributed by atoms with van der Waals surface area (Å²) in [6.07, 6.45) is 5.05. The van der Waals surface area contributed by atoms with E-state index in [2.05, 4.69) is 5.32 Å². The van der Waals surface area contributed by atoms with Crippen LogP contribution in [0.1, 0.15) is 25.7 Å². The fourth-order valence-corrected chi connectivity index (χ4v) is 1.96. The maximum absolute atomic E-state index is 8.92. The molecule has 1 saturated carbocycles. The molecule has 0 aromatic heterocycles. The Kier molecular flexibility index (Phi) is 1.46. The third kappa shape index (κ3) is 1.06. The summed E-state index contributed by atoms with van der Waals surface area (Å²) in [6, 6.07) is 0. The van der Waals surface area contributed by atoms with Gasteiger partial charge in [0.15, 0.2) is 0 Å². The summed E-state index contributed by atoms with van der Waals surface area (Å²) in [5.41, 5.74) is 0.492. The molecule has 0 unspecified atom stereocenters. The van der Waals surface area contributed by atoms with Crippen molar-refractivity contribution in [2.45, 2.75) is 31.2 Å². The quantitative estimate of drug-likeness (QED) is 0.557. The van der Waals surface area contributed by atoms with Gasteiger partial charge in [0.2, 0.25) is 0 Å². The van der Waals surface area contributed by atoms with Gasteiger partial charge in [0.05, 0.1) is 0 Å². The molecule has 0 aromatic rings. The molecule has 0 amide bonds. The largest absolute Gasteiger partial charge is 0.396 e. The van der Waals surface area contributed by atoms with Gasteiger partial charge in [-0.25, -0.2) is 0 Å². The Hall–Kier alpha value is -0.0800. The van der Waals surface area contributed by atoms with Crippen molar-refractivity contribution >= 4 is 0 Å². The maximum atomic E-state index is 8.92. The number of nitrogens with one attached hydrogen (secondary N) is 1. The predicted octanol–water partition coefficient (Wildman–Crippen LogP) is 0.511. The lowest BCUT2D eigenvalue weighted by atomic mass is 9.92. The average molecular weight is 141 g/mol. The molecule has 58 valence electrons. The molecule has 2 fully saturated rings. The van der Waals surface area contributed by atoms with Crippen LogP contribution in [0.2, 0.25) is 0 Å². The molecular formula is C8H15NO. The minimum Gasteiger partial charge on any atom is -0.396 e. The zero-order valence-corrected chi connectivity index (χ0v) is 6.27. The van der Waals surface area contributed by atoms with E-state index in [1.165, 1.54) is 19.3 Å². The van der Waals surface area contributed by atoms with Crippen LogP contribution in [0.15, 0.2) is 0 Å². The van der Waals surface area contributed by atoms with Crippen LogP contribution in [-0.4, -0.2) is 23.8 Å². The summed E-state index contributed by atoms with van der Waals surface area (Å²) in [4.78, 5) is 0. The van der Waals surface area contributed by atoms with Gasteiger partial charge < -0.3 is 10.4 Å². The molecule has 2 heteroatoms. The van der Waals surface area contributed by atoms with E-state index in [1.807, 2.05) is 0 Å². The molecular weight excluding hydrogens is 126 g/mol. The highest BCUT2D eigenvalue weighted by atomic mass is 16.3. The minimum atomic E-state index is 0.392. The molecule has 0 radical (unpaired) electrons. The highest BCUT2D eigenvalue weighted by Gasteiger charge is 2.45. The lowest BCUT2D eigenvalue weighted by Gasteiger charge is -2.29. The zero-order valence-electron chi connectivity index (χ0n) is 6.27. The van der Waals surface area contributed by atoms with Crippen LogP contribution < -0.4 is 5.32 Å². The number of aliphatic hydroxyl groups is 1. The van der Waals surface area contributed by atoms with Crippen LogP contribution >= 0.6 is 0 Å². The topological polar surface area (TPSA) is 32.3 Å². The Morgan fingerprint density at radius 3 is 2.90 bits per heavy atom. The second-order valence-corrected chi connectivity index (χ2v) is 3.75. The number of hydrogen-bond donors (Lipinski definition) is 2. The van der Waals surface area contributed by atoms with Crippen molar-refractivity contribution in [3.05, 3.63) is 0 Å². The molecule has 1 saturated heterocycles. The van der Waals surface area contributed by atoms with Crippen molar-refractivity contribution in [3.63, 3.8) is 0 Å². The van der Waals surface area contributed by atoms with E-state index in [4.69, 9.17) is 5.11 Å². The van der Waals surface area contributed by atoms with E-state index in [1.54, 1.807) is 0 Å². The Labute approximate surface area is 61.6 Å². The van der Waals surface area contributed by atoms with E-state index in [0.29, 0.717) is 18.1 Å². The molecule has 1 spiro atoms. The molecule has 2 aliphatic rings. The number of aliphatic hydroxyl groups excluding tert-OH is 1. The van der Waals surface area contributed by atoms with E-state index < -0.39 is 0 Å². The summed E-state index contributed by atoms with van der Waals surface area (Å²) in [5.74, 6) is 0.587. The second kappa shape index (κ2) is 2.21. The molecule has 2 nitrogen and oxygen atoms in total. The first kappa shape index (κ1) is 6.62. The van der Waals surface area contributed by atoms with Crippen LogP contribution in [0.25, 0.3) is 0 Å². The lowest BCUT2D eigenvalue weighted by Crippen LogP contribution is -2.40. The maximum Gasteiger partial charge on any atom is 0.0460 e. The summed E-state index contributed by atoms with van der Waals surface area (Å²) < 4.78 is 0. The Morgan fingerprint density at radius 2 is 2.30 bits per heavy atom. The number of hydrogen-bond acceptors (Lipinski definition) is 2. The zero-order chi connectivity index (χ0) is 7.03. The SMILES string of the molecule is OC[C@@H]1CCNC2(CC2)C1. The summed E-state index contributed by atoms with van der Waals surface area (Å²) in [5, 5.41) is 12.4. The Balaban J connectivity index is 1.91. The monoisotopic (exact) mass is 141 g/mol. The number of piperidine rings is 1. The Bertz CT molecular complexity index is 131. The van der Waals surface area contributed by atoms with Gasteiger partial charge in [-0.1, -0.05) is 0 Å². The highest BCUT2D eigenvalue weighted by molar-refractivity contribution is 5.05. The highest BCUT2D eigenvalue weighted by Crippen LogP contribution is 2.43. The van der Waals surface area contributed by atoms with Crippen LogP contribution in [0.5, 0.6) is 0 Å². The molecule has 1 aliphatic carbocycles. The van der Waals surface area contributed by atoms with Gasteiger partial charge in [-0.15, -0.1) is 0 Å². The van der Waals surface area contributed by atoms with Gasteiger partial charge in [-0.3, -0.25) is 0 Å². The van der Waals surface area contributed by atoms with Crippen LogP contribution in [0.3, 0.4) is 0 Å². The van der Waals surface area contributed by atoms with Gasteiger partial charge in [0.1, 0.15) is 0 Å². The molecule has 1 heterocycles. The molecule has 10 heavy (non-hydrogen) atoms. The van der Waals surface area contributed by atoms with Crippen molar-refractivity contribution < 1.29 is 5.11 Å². The Morgan fingerprint density at radius 1 is 1.50 bits per heavy atom. The van der Waals surface area contributed by atoms with Gasteiger partial charge in [0.25, 0.3) is 0 Å². The second-order valence-electron chi connectivity index (χ2n) is 3.75. The van der Waals surface area contributed by atoms with Crippen LogP contribution in [0, 0.1) is 5.92 Å². The van der Waals surface area contributed by atoms with E-state index in [0.717, 1.165) is 13.0 Å². The van der Waals surface area contributed by atoms with E-state index in [9.17, 15) is 0 Å². The molecule has 1 aliphatic heterocycles. The van der Waals surface area contributed by atoms with Crippen LogP contribution in [-0.2, 0) is 0 Å². The van der Waals surface area contributed by atoms with Crippen molar-refractivity contribution in [1.29, 1.82) is 0 Å². The van der Waals surface area contributed by atoms with Crippen molar-refractivity contribution in [2.75, 3.05) is 13.2 Å². The van der Waals surface area contributed by atoms with Crippen LogP contribution in [0.4, 0.5) is 0 Å². The first-order chi connectivity index (χ1) is 4.85. The summed E-state index contributed by atoms with van der Waals surface area (Å²) >= 11 is 0. The number of rotatable bonds is 1. The fraction of sp³-hybridized carbons (Fsp3) is 1.00. The van der Waals surface area contributed by atoms with Gasteiger partial charge in [-0.05, 0) is 38.1 Å². The lowest BCUT2D eigenvalue weighted by molar-refractivity contribution is 0.170. The molecule has 2 rings (SSSR count). The van der Waals surface area contributed by atoms with Gasteiger partial charge in [0, 0.05) is 12.1 Å². The predicted molar refractivity (Wildman–Crippen MR) is 39.8 cm³/mol. The smallest absolute Gasteiger partial charge is 0.0460 e. The molecule has 1 atom stereocenters. The van der Waals surface area contributed by atoms with E-state index >= 15 is 0 Å². The summed E-state index contributed by atoms with van der Waals surface area (Å²) in [7, 11) is 0. The van der Waals surface area contributed by atoms with Crippen molar-refractivity contribution in [3.8, 4) is 0 Å². The standard InChI is InChI=1S/C8H15NO/c10-6-7-1-4-9-8(5-7)2-3-8/h7,9-10H,1-6H2/t7-/m1/s1. The third-order valence-corrected chi connectivity index (χ3v) is 2.84. The molecule has 0 bridgehead atoms. The third-order valence-electron chi connectivity index (χ3n) is 2.84. The summed E-state index contributed by atoms with van der Waals surface area (Å²) in [6.45, 7) is 1.51. The van der Waals surface area contributed by atoms with Gasteiger partial charge in [-0.2, -0.15) is 0 Å². The van der Waals surface area contributed by atoms with Crippen molar-refractivity contribution in [1.82, 2.24) is 5.32 Å². The minimum absolute atomic E-state index is 0.392. The van der Waals surface area contributed by atoms with E-state index in [-0.39, 0.29) is 0 Å². The first-order valence-electron chi connectivity index (χ1n) is 4.21. The molecule has 0 aromatic carbocycles. The first-order valence-corrected chi connectivity index (χ1v) is 4.21. The average Bonchev–Trinajstić information content (AvgIpc) is 2.70. The molecule has 2 N–H and O–H groups in total. The van der Waals surface area contributed by atoms with Crippen molar-refractivity contribution in [2.24, 2.45) is 5.92 Å². The normalized spacial score (nSPS) is 36.3.